The summed E-state index contributed by atoms with van der Waals surface area (Å²) in [4.78, 5) is 42.0. The number of nitrogens with zero attached hydrogens (tertiary/aromatic N) is 2. The number of carbonyl (C=O) groups is 3. The summed E-state index contributed by atoms with van der Waals surface area (Å²) in [6, 6.07) is 23.0. The second kappa shape index (κ2) is 9.16. The van der Waals surface area contributed by atoms with Crippen molar-refractivity contribution in [3.8, 4) is 0 Å². The summed E-state index contributed by atoms with van der Waals surface area (Å²) in [5, 5.41) is 5.10. The van der Waals surface area contributed by atoms with E-state index in [0.717, 1.165) is 16.3 Å². The second-order valence-electron chi connectivity index (χ2n) is 8.83. The van der Waals surface area contributed by atoms with Crippen LogP contribution in [0.2, 0.25) is 0 Å². The summed E-state index contributed by atoms with van der Waals surface area (Å²) in [5.74, 6) is -0.329. The Kier molecular flexibility index (Phi) is 5.92. The van der Waals surface area contributed by atoms with Crippen molar-refractivity contribution in [2.24, 2.45) is 5.92 Å². The lowest BCUT2D eigenvalue weighted by Gasteiger charge is -2.34. The number of hydrogen-bond donors (Lipinski definition) is 1. The number of imide groups is 1. The zero-order chi connectivity index (χ0) is 22.8. The Morgan fingerprint density at radius 1 is 0.879 bits per heavy atom. The van der Waals surface area contributed by atoms with E-state index in [0.29, 0.717) is 38.2 Å². The van der Waals surface area contributed by atoms with E-state index in [-0.39, 0.29) is 30.1 Å². The fraction of sp³-hybridized carbons (Fsp3) is 0.296. The Balaban J connectivity index is 1.20. The number of hydrogen-bond acceptors (Lipinski definition) is 4. The molecule has 0 aromatic heterocycles. The van der Waals surface area contributed by atoms with Crippen LogP contribution in [-0.4, -0.2) is 41.8 Å². The number of benzene rings is 3. The van der Waals surface area contributed by atoms with Gasteiger partial charge in [0.05, 0.1) is 18.2 Å². The van der Waals surface area contributed by atoms with Crippen LogP contribution in [0.4, 0.5) is 5.69 Å². The molecule has 6 nitrogen and oxygen atoms in total. The van der Waals surface area contributed by atoms with E-state index in [2.05, 4.69) is 10.2 Å². The van der Waals surface area contributed by atoms with Gasteiger partial charge in [0.1, 0.15) is 0 Å². The molecule has 2 aliphatic heterocycles. The quantitative estimate of drug-likeness (QED) is 0.616. The highest BCUT2D eigenvalue weighted by atomic mass is 16.2. The van der Waals surface area contributed by atoms with Crippen LogP contribution in [0.15, 0.2) is 72.8 Å². The summed E-state index contributed by atoms with van der Waals surface area (Å²) in [7, 11) is 0. The third-order valence-electron chi connectivity index (χ3n) is 6.76. The summed E-state index contributed by atoms with van der Waals surface area (Å²) >= 11 is 0. The van der Waals surface area contributed by atoms with E-state index in [1.54, 1.807) is 0 Å². The van der Waals surface area contributed by atoms with Gasteiger partial charge in [-0.1, -0.05) is 60.7 Å². The largest absolute Gasteiger partial charge is 0.352 e. The first-order chi connectivity index (χ1) is 16.1. The molecular weight excluding hydrogens is 414 g/mol. The third kappa shape index (κ3) is 4.39. The van der Waals surface area contributed by atoms with Crippen molar-refractivity contribution in [2.75, 3.05) is 18.0 Å². The minimum atomic E-state index is -0.447. The fourth-order valence-corrected chi connectivity index (χ4v) is 4.89. The van der Waals surface area contributed by atoms with Crippen LogP contribution < -0.4 is 10.2 Å². The lowest BCUT2D eigenvalue weighted by molar-refractivity contribution is -0.127. The van der Waals surface area contributed by atoms with Crippen molar-refractivity contribution >= 4 is 34.2 Å². The van der Waals surface area contributed by atoms with Crippen molar-refractivity contribution in [3.05, 3.63) is 78.4 Å². The van der Waals surface area contributed by atoms with E-state index in [9.17, 15) is 14.4 Å². The Morgan fingerprint density at radius 3 is 2.33 bits per heavy atom. The Hall–Kier alpha value is -3.51. The molecule has 0 unspecified atom stereocenters. The number of likely N-dealkylation sites (tertiary alicyclic amines) is 1. The van der Waals surface area contributed by atoms with Gasteiger partial charge >= 0.3 is 0 Å². The number of amides is 3. The average molecular weight is 442 g/mol. The summed E-state index contributed by atoms with van der Waals surface area (Å²) in [6.07, 6.45) is 1.57. The van der Waals surface area contributed by atoms with Gasteiger partial charge in [0.2, 0.25) is 11.8 Å². The minimum absolute atomic E-state index is 0.0603. The van der Waals surface area contributed by atoms with E-state index >= 15 is 0 Å². The number of nitrogens with one attached hydrogen (secondary N) is 1. The zero-order valence-electron chi connectivity index (χ0n) is 18.4. The Morgan fingerprint density at radius 2 is 1.58 bits per heavy atom. The molecule has 2 saturated heterocycles. The molecule has 6 heteroatoms. The first-order valence-corrected chi connectivity index (χ1v) is 11.5. The molecule has 0 aliphatic carbocycles. The number of piperidine rings is 1. The van der Waals surface area contributed by atoms with Crippen LogP contribution in [0.1, 0.15) is 24.8 Å². The van der Waals surface area contributed by atoms with Crippen LogP contribution >= 0.6 is 0 Å². The van der Waals surface area contributed by atoms with Crippen LogP contribution in [0.25, 0.3) is 10.8 Å². The summed E-state index contributed by atoms with van der Waals surface area (Å²) in [6.45, 7) is 1.80. The highest BCUT2D eigenvalue weighted by molar-refractivity contribution is 6.22. The zero-order valence-corrected chi connectivity index (χ0v) is 18.4. The number of fused-ring (bicyclic) bond motifs is 1. The average Bonchev–Trinajstić information content (AvgIpc) is 3.16. The van der Waals surface area contributed by atoms with Crippen LogP contribution in [0.5, 0.6) is 0 Å². The molecule has 168 valence electrons. The first kappa shape index (κ1) is 21.3. The van der Waals surface area contributed by atoms with Gasteiger partial charge in [0.15, 0.2) is 0 Å². The monoisotopic (exact) mass is 441 g/mol. The van der Waals surface area contributed by atoms with Gasteiger partial charge in [-0.25, -0.2) is 4.90 Å². The highest BCUT2D eigenvalue weighted by Gasteiger charge is 2.43. The lowest BCUT2D eigenvalue weighted by atomic mass is 9.94. The Bertz CT molecular complexity index is 1190. The topological polar surface area (TPSA) is 69.7 Å². The molecule has 0 bridgehead atoms. The van der Waals surface area contributed by atoms with Crippen molar-refractivity contribution in [2.45, 2.75) is 31.8 Å². The SMILES string of the molecule is O=C(NCc1ccccc1)C1CCN([C@@H]2CC(=O)N(c3ccc4ccccc4c3)C2=O)CC1. The number of anilines is 1. The molecule has 3 amide bonds. The van der Waals surface area contributed by atoms with Gasteiger partial charge in [-0.15, -0.1) is 0 Å². The van der Waals surface area contributed by atoms with Crippen molar-refractivity contribution in [1.29, 1.82) is 0 Å². The second-order valence-corrected chi connectivity index (χ2v) is 8.83. The molecule has 2 fully saturated rings. The van der Waals surface area contributed by atoms with Crippen LogP contribution in [0.3, 0.4) is 0 Å². The minimum Gasteiger partial charge on any atom is -0.352 e. The van der Waals surface area contributed by atoms with Crippen LogP contribution in [-0.2, 0) is 20.9 Å². The molecule has 2 aliphatic rings. The highest BCUT2D eigenvalue weighted by Crippen LogP contribution is 2.30. The summed E-state index contributed by atoms with van der Waals surface area (Å²) < 4.78 is 0. The van der Waals surface area contributed by atoms with Crippen molar-refractivity contribution in [1.82, 2.24) is 10.2 Å². The third-order valence-corrected chi connectivity index (χ3v) is 6.76. The smallest absolute Gasteiger partial charge is 0.251 e. The molecular formula is C27H27N3O3. The molecule has 2 heterocycles. The molecule has 1 N–H and O–H groups in total. The van der Waals surface area contributed by atoms with Gasteiger partial charge in [-0.3, -0.25) is 19.3 Å². The maximum Gasteiger partial charge on any atom is 0.251 e. The van der Waals surface area contributed by atoms with E-state index in [1.165, 1.54) is 4.90 Å². The molecule has 0 radical (unpaired) electrons. The van der Waals surface area contributed by atoms with Gasteiger partial charge < -0.3 is 5.32 Å². The summed E-state index contributed by atoms with van der Waals surface area (Å²) in [5.41, 5.74) is 1.70. The maximum absolute atomic E-state index is 13.2. The van der Waals surface area contributed by atoms with Crippen molar-refractivity contribution in [3.63, 3.8) is 0 Å². The molecule has 3 aromatic rings. The van der Waals surface area contributed by atoms with Gasteiger partial charge in [0, 0.05) is 12.5 Å². The van der Waals surface area contributed by atoms with Gasteiger partial charge in [-0.05, 0) is 54.4 Å². The van der Waals surface area contributed by atoms with E-state index in [4.69, 9.17) is 0 Å². The van der Waals surface area contributed by atoms with E-state index in [1.807, 2.05) is 72.8 Å². The van der Waals surface area contributed by atoms with Gasteiger partial charge in [0.25, 0.3) is 5.91 Å². The molecule has 5 rings (SSSR count). The van der Waals surface area contributed by atoms with Crippen LogP contribution in [0, 0.1) is 5.92 Å². The predicted octanol–water partition coefficient (Wildman–Crippen LogP) is 3.50. The fourth-order valence-electron chi connectivity index (χ4n) is 4.89. The number of rotatable bonds is 5. The molecule has 0 spiro atoms. The van der Waals surface area contributed by atoms with Gasteiger partial charge in [-0.2, -0.15) is 0 Å². The molecule has 3 aromatic carbocycles. The first-order valence-electron chi connectivity index (χ1n) is 11.5. The Labute approximate surface area is 193 Å². The predicted molar refractivity (Wildman–Crippen MR) is 127 cm³/mol. The van der Waals surface area contributed by atoms with E-state index < -0.39 is 6.04 Å². The number of carbonyl (C=O) groups excluding carboxylic acids is 3. The lowest BCUT2D eigenvalue weighted by Crippen LogP contribution is -2.48. The molecule has 33 heavy (non-hydrogen) atoms. The van der Waals surface area contributed by atoms with Crippen molar-refractivity contribution < 1.29 is 14.4 Å². The normalized spacial score (nSPS) is 19.9. The molecule has 0 saturated carbocycles. The molecule has 1 atom stereocenters. The maximum atomic E-state index is 13.2. The standard InChI is InChI=1S/C27H27N3O3/c31-25-17-24(27(33)30(25)23-11-10-20-8-4-5-9-22(20)16-23)29-14-12-21(13-15-29)26(32)28-18-19-6-2-1-3-7-19/h1-11,16,21,24H,12-15,17-18H2,(H,28,32)/t24-/m1/s1.